The van der Waals surface area contributed by atoms with E-state index in [4.69, 9.17) is 18.9 Å². The Labute approximate surface area is 182 Å². The maximum atomic E-state index is 5.88. The van der Waals surface area contributed by atoms with Crippen molar-refractivity contribution >= 4 is 24.7 Å². The van der Waals surface area contributed by atoms with Crippen molar-refractivity contribution in [1.82, 2.24) is 4.98 Å². The van der Waals surface area contributed by atoms with E-state index in [1.807, 2.05) is 40.1 Å². The molecule has 8 heteroatoms. The largest absolute Gasteiger partial charge is 0.372 e. The third-order valence-electron chi connectivity index (χ3n) is 4.33. The maximum absolute atomic E-state index is 5.88. The Morgan fingerprint density at radius 2 is 1.10 bits per heavy atom. The number of nitrogens with zero attached hydrogens (tertiary/aromatic N) is 2. The SMILES string of the molecule is CCOC(OCC)[Si]C(CC)N(c1ccncc1)C(CC)[Si]C(OCC)OCC. The van der Waals surface area contributed by atoms with Crippen molar-refractivity contribution in [1.29, 1.82) is 0 Å². The van der Waals surface area contributed by atoms with Crippen molar-refractivity contribution in [2.75, 3.05) is 31.3 Å². The van der Waals surface area contributed by atoms with Crippen LogP contribution in [0.3, 0.4) is 0 Å². The van der Waals surface area contributed by atoms with E-state index in [9.17, 15) is 0 Å². The normalized spacial score (nSPS) is 13.8. The van der Waals surface area contributed by atoms with Crippen molar-refractivity contribution < 1.29 is 18.9 Å². The third kappa shape index (κ3) is 9.27. The lowest BCUT2D eigenvalue weighted by atomic mass is 10.3. The average molecular weight is 439 g/mol. The molecule has 1 aromatic heterocycles. The van der Waals surface area contributed by atoms with Crippen LogP contribution in [-0.2, 0) is 18.9 Å². The van der Waals surface area contributed by atoms with Gasteiger partial charge in [-0.25, -0.2) is 0 Å². The second-order valence-electron chi connectivity index (χ2n) is 6.28. The number of aromatic nitrogens is 1. The first-order valence-corrected chi connectivity index (χ1v) is 13.1. The Morgan fingerprint density at radius 3 is 1.41 bits per heavy atom. The summed E-state index contributed by atoms with van der Waals surface area (Å²) in [5.74, 6) is -0.343. The first-order valence-electron chi connectivity index (χ1n) is 10.8. The maximum Gasteiger partial charge on any atom is 0.145 e. The molecular weight excluding hydrogens is 400 g/mol. The number of ether oxygens (including phenoxy) is 4. The van der Waals surface area contributed by atoms with Gasteiger partial charge in [0, 0.05) is 55.8 Å². The fourth-order valence-corrected chi connectivity index (χ4v) is 6.37. The highest BCUT2D eigenvalue weighted by atomic mass is 28.2. The van der Waals surface area contributed by atoms with E-state index in [1.54, 1.807) is 0 Å². The van der Waals surface area contributed by atoms with Gasteiger partial charge in [-0.15, -0.1) is 0 Å². The molecule has 0 amide bonds. The average Bonchev–Trinajstić information content (AvgIpc) is 2.73. The molecule has 1 heterocycles. The van der Waals surface area contributed by atoms with Gasteiger partial charge in [0.15, 0.2) is 0 Å². The van der Waals surface area contributed by atoms with Crippen molar-refractivity contribution in [2.45, 2.75) is 77.5 Å². The van der Waals surface area contributed by atoms with Crippen LogP contribution < -0.4 is 4.90 Å². The number of anilines is 1. The number of hydrogen-bond donors (Lipinski definition) is 0. The summed E-state index contributed by atoms with van der Waals surface area (Å²) in [4.78, 5) is 6.74. The highest BCUT2D eigenvalue weighted by Crippen LogP contribution is 2.23. The van der Waals surface area contributed by atoms with Gasteiger partial charge in [-0.1, -0.05) is 13.8 Å². The lowest BCUT2D eigenvalue weighted by Gasteiger charge is -2.41. The van der Waals surface area contributed by atoms with E-state index in [0.29, 0.717) is 56.8 Å². The molecule has 4 radical (unpaired) electrons. The highest BCUT2D eigenvalue weighted by Gasteiger charge is 2.31. The molecule has 0 fully saturated rings. The van der Waals surface area contributed by atoms with Crippen molar-refractivity contribution in [3.8, 4) is 0 Å². The summed E-state index contributed by atoms with van der Waals surface area (Å²) in [6, 6.07) is 4.18. The topological polar surface area (TPSA) is 53.1 Å². The smallest absolute Gasteiger partial charge is 0.145 e. The molecule has 0 aliphatic rings. The van der Waals surface area contributed by atoms with Crippen LogP contribution in [0.1, 0.15) is 54.4 Å². The predicted octanol–water partition coefficient (Wildman–Crippen LogP) is 3.48. The van der Waals surface area contributed by atoms with Gasteiger partial charge in [-0.2, -0.15) is 0 Å². The quantitative estimate of drug-likeness (QED) is 0.274. The lowest BCUT2D eigenvalue weighted by Crippen LogP contribution is -2.54. The third-order valence-corrected chi connectivity index (χ3v) is 7.69. The monoisotopic (exact) mass is 438 g/mol. The van der Waals surface area contributed by atoms with E-state index < -0.39 is 0 Å². The van der Waals surface area contributed by atoms with E-state index in [2.05, 4.69) is 35.9 Å². The molecule has 0 aliphatic heterocycles. The fraction of sp³-hybridized carbons (Fsp3) is 0.762. The Balaban J connectivity index is 3.14. The van der Waals surface area contributed by atoms with E-state index in [0.717, 1.165) is 12.8 Å². The van der Waals surface area contributed by atoms with Crippen LogP contribution in [0, 0.1) is 0 Å². The van der Waals surface area contributed by atoms with E-state index in [1.165, 1.54) is 5.69 Å². The Morgan fingerprint density at radius 1 is 0.724 bits per heavy atom. The summed E-state index contributed by atoms with van der Waals surface area (Å²) < 4.78 is 23.5. The minimum Gasteiger partial charge on any atom is -0.372 e. The minimum absolute atomic E-state index is 0.172. The standard InChI is InChI=1S/C21H38N2O4Si2/c1-7-18(28-20(24-9-3)25-10-4)23(17-13-15-22-16-14-17)19(8-2)29-21(26-11-5)27-12-6/h13-16,18-21H,7-12H2,1-6H3. The summed E-state index contributed by atoms with van der Waals surface area (Å²) in [5, 5.41) is 0. The Hall–Kier alpha value is -0.776. The van der Waals surface area contributed by atoms with Crippen LogP contribution in [0.2, 0.25) is 0 Å². The molecule has 1 aromatic rings. The molecule has 0 aromatic carbocycles. The van der Waals surface area contributed by atoms with Gasteiger partial charge in [-0.05, 0) is 52.7 Å². The molecule has 0 bridgehead atoms. The summed E-state index contributed by atoms with van der Waals surface area (Å²) >= 11 is 0. The van der Waals surface area contributed by atoms with Gasteiger partial charge >= 0.3 is 0 Å². The zero-order valence-corrected chi connectivity index (χ0v) is 20.9. The highest BCUT2D eigenvalue weighted by molar-refractivity contribution is 6.42. The van der Waals surface area contributed by atoms with Gasteiger partial charge in [0.25, 0.3) is 0 Å². The Bertz CT molecular complexity index is 475. The van der Waals surface area contributed by atoms with Crippen LogP contribution in [0.15, 0.2) is 24.5 Å². The molecule has 2 unspecified atom stereocenters. The molecular formula is C21H38N2O4Si2. The van der Waals surface area contributed by atoms with E-state index >= 15 is 0 Å². The molecule has 0 N–H and O–H groups in total. The second-order valence-corrected chi connectivity index (χ2v) is 9.22. The Kier molecular flexibility index (Phi) is 14.5. The molecule has 6 nitrogen and oxygen atoms in total. The summed E-state index contributed by atoms with van der Waals surface area (Å²) in [5.41, 5.74) is 1.79. The lowest BCUT2D eigenvalue weighted by molar-refractivity contribution is -0.0838. The second kappa shape index (κ2) is 16.0. The molecule has 164 valence electrons. The van der Waals surface area contributed by atoms with Gasteiger partial charge in [0.05, 0.1) is 0 Å². The van der Waals surface area contributed by atoms with Gasteiger partial charge in [-0.3, -0.25) is 4.98 Å². The number of hydrogen-bond acceptors (Lipinski definition) is 6. The molecule has 0 aliphatic carbocycles. The molecule has 29 heavy (non-hydrogen) atoms. The fourth-order valence-electron chi connectivity index (χ4n) is 3.09. The zero-order chi connectivity index (χ0) is 21.5. The van der Waals surface area contributed by atoms with Crippen molar-refractivity contribution in [2.24, 2.45) is 0 Å². The molecule has 0 spiro atoms. The zero-order valence-electron chi connectivity index (χ0n) is 18.9. The number of pyridine rings is 1. The van der Waals surface area contributed by atoms with Crippen LogP contribution in [0.25, 0.3) is 0 Å². The predicted molar refractivity (Wildman–Crippen MR) is 120 cm³/mol. The van der Waals surface area contributed by atoms with Crippen LogP contribution in [-0.4, -0.2) is 73.6 Å². The van der Waals surface area contributed by atoms with Crippen molar-refractivity contribution in [3.05, 3.63) is 24.5 Å². The van der Waals surface area contributed by atoms with Gasteiger partial charge < -0.3 is 23.8 Å². The minimum atomic E-state index is -0.172. The molecule has 1 rings (SSSR count). The summed E-state index contributed by atoms with van der Waals surface area (Å²) in [6.45, 7) is 15.1. The summed E-state index contributed by atoms with van der Waals surface area (Å²) in [6.07, 6.45) is 5.73. The summed E-state index contributed by atoms with van der Waals surface area (Å²) in [7, 11) is 1.02. The van der Waals surface area contributed by atoms with Gasteiger partial charge in [0.1, 0.15) is 30.9 Å². The molecule has 0 saturated heterocycles. The first kappa shape index (κ1) is 26.3. The first-order chi connectivity index (χ1) is 14.1. The van der Waals surface area contributed by atoms with Gasteiger partial charge in [0.2, 0.25) is 0 Å². The molecule has 2 atom stereocenters. The van der Waals surface area contributed by atoms with Crippen LogP contribution in [0.5, 0.6) is 0 Å². The van der Waals surface area contributed by atoms with Crippen molar-refractivity contribution in [3.63, 3.8) is 0 Å². The molecule has 0 saturated carbocycles. The number of rotatable bonds is 17. The van der Waals surface area contributed by atoms with E-state index in [-0.39, 0.29) is 11.8 Å². The van der Waals surface area contributed by atoms with Crippen LogP contribution in [0.4, 0.5) is 5.69 Å². The van der Waals surface area contributed by atoms with Crippen LogP contribution >= 0.6 is 0 Å².